The molecule has 4 heterocycles. The number of piperidine rings is 1. The van der Waals surface area contributed by atoms with Crippen LogP contribution in [0.25, 0.3) is 21.3 Å². The van der Waals surface area contributed by atoms with Crippen molar-refractivity contribution in [2.24, 2.45) is 5.92 Å². The number of nitrogens with zero attached hydrogens (tertiary/aromatic N) is 5. The molecule has 5 rings (SSSR count). The molecule has 2 aliphatic heterocycles. The maximum Gasteiger partial charge on any atom is 0.228 e. The van der Waals surface area contributed by atoms with E-state index in [-0.39, 0.29) is 6.61 Å². The Morgan fingerprint density at radius 3 is 2.54 bits per heavy atom. The van der Waals surface area contributed by atoms with E-state index in [0.29, 0.717) is 12.5 Å². The molecular weight excluding hydrogens is 458 g/mol. The summed E-state index contributed by atoms with van der Waals surface area (Å²) < 4.78 is 5.43. The van der Waals surface area contributed by atoms with Crippen molar-refractivity contribution < 1.29 is 9.84 Å². The van der Waals surface area contributed by atoms with Gasteiger partial charge in [0, 0.05) is 57.4 Å². The van der Waals surface area contributed by atoms with E-state index >= 15 is 0 Å². The van der Waals surface area contributed by atoms with E-state index in [1.165, 1.54) is 37.1 Å². The number of ether oxygens (including phenoxy) is 1. The van der Waals surface area contributed by atoms with Gasteiger partial charge in [-0.05, 0) is 50.3 Å². The number of aliphatic hydroxyl groups excluding tert-OH is 1. The number of thiophene rings is 1. The minimum Gasteiger partial charge on any atom is -0.395 e. The zero-order valence-corrected chi connectivity index (χ0v) is 21.6. The molecule has 2 saturated heterocycles. The van der Waals surface area contributed by atoms with Crippen LogP contribution in [0.4, 0.5) is 11.8 Å². The predicted octanol–water partition coefficient (Wildman–Crippen LogP) is 4.12. The molecule has 0 atom stereocenters. The van der Waals surface area contributed by atoms with Crippen LogP contribution in [0.2, 0.25) is 0 Å². The summed E-state index contributed by atoms with van der Waals surface area (Å²) >= 11 is 1.69. The van der Waals surface area contributed by atoms with Crippen LogP contribution in [0.1, 0.15) is 25.7 Å². The average molecular weight is 496 g/mol. The van der Waals surface area contributed by atoms with Gasteiger partial charge in [-0.2, -0.15) is 4.98 Å². The standard InChI is InChI=1S/C27H37N5O2S/c1-34-19-21-9-13-31(14-10-21)25-24-23(22-7-3-2-4-8-22)20-35-26(24)29-27(28-25)32(17-18-33)16-15-30-11-5-6-12-30/h2-4,7-8,20-21,33H,5-6,9-19H2,1H3. The summed E-state index contributed by atoms with van der Waals surface area (Å²) in [6.45, 7) is 7.56. The Hall–Kier alpha value is -2.26. The van der Waals surface area contributed by atoms with Crippen molar-refractivity contribution in [3.05, 3.63) is 35.7 Å². The van der Waals surface area contributed by atoms with Gasteiger partial charge in [0.25, 0.3) is 0 Å². The SMILES string of the molecule is COCC1CCN(c2nc(N(CCO)CCN3CCCC3)nc3scc(-c4ccccc4)c23)CC1. The van der Waals surface area contributed by atoms with E-state index in [1.807, 2.05) is 0 Å². The highest BCUT2D eigenvalue weighted by Crippen LogP contribution is 2.40. The van der Waals surface area contributed by atoms with E-state index in [9.17, 15) is 5.11 Å². The number of likely N-dealkylation sites (tertiary alicyclic amines) is 1. The maximum atomic E-state index is 9.82. The lowest BCUT2D eigenvalue weighted by Crippen LogP contribution is -2.38. The zero-order valence-electron chi connectivity index (χ0n) is 20.7. The van der Waals surface area contributed by atoms with Crippen LogP contribution in [0, 0.1) is 5.92 Å². The normalized spacial score (nSPS) is 17.5. The second kappa shape index (κ2) is 11.6. The number of benzene rings is 1. The van der Waals surface area contributed by atoms with Gasteiger partial charge in [0.05, 0.1) is 12.0 Å². The highest BCUT2D eigenvalue weighted by molar-refractivity contribution is 7.17. The third-order valence-corrected chi connectivity index (χ3v) is 8.21. The molecule has 7 nitrogen and oxygen atoms in total. The van der Waals surface area contributed by atoms with Gasteiger partial charge in [-0.1, -0.05) is 30.3 Å². The molecule has 3 aromatic rings. The molecule has 1 N–H and O–H groups in total. The first-order chi connectivity index (χ1) is 17.3. The summed E-state index contributed by atoms with van der Waals surface area (Å²) in [5, 5.41) is 13.2. The van der Waals surface area contributed by atoms with E-state index in [2.05, 4.69) is 50.4 Å². The lowest BCUT2D eigenvalue weighted by molar-refractivity contribution is 0.139. The number of anilines is 2. The number of hydrogen-bond acceptors (Lipinski definition) is 8. The van der Waals surface area contributed by atoms with Crippen LogP contribution in [0.15, 0.2) is 35.7 Å². The van der Waals surface area contributed by atoms with Crippen LogP contribution in [-0.4, -0.2) is 86.1 Å². The first-order valence-corrected chi connectivity index (χ1v) is 13.8. The van der Waals surface area contributed by atoms with E-state index < -0.39 is 0 Å². The second-order valence-electron chi connectivity index (χ2n) is 9.69. The summed E-state index contributed by atoms with van der Waals surface area (Å²) in [5.74, 6) is 2.38. The van der Waals surface area contributed by atoms with Gasteiger partial charge in [-0.15, -0.1) is 11.3 Å². The molecule has 1 aromatic carbocycles. The molecule has 0 bridgehead atoms. The Morgan fingerprint density at radius 2 is 1.83 bits per heavy atom. The van der Waals surface area contributed by atoms with Crippen LogP contribution in [0.5, 0.6) is 0 Å². The van der Waals surface area contributed by atoms with Gasteiger partial charge in [0.2, 0.25) is 5.95 Å². The second-order valence-corrected chi connectivity index (χ2v) is 10.5. The van der Waals surface area contributed by atoms with E-state index in [0.717, 1.165) is 67.6 Å². The van der Waals surface area contributed by atoms with Gasteiger partial charge in [-0.3, -0.25) is 0 Å². The number of methoxy groups -OCH3 is 1. The number of fused-ring (bicyclic) bond motifs is 1. The van der Waals surface area contributed by atoms with Gasteiger partial charge in [0.15, 0.2) is 0 Å². The van der Waals surface area contributed by atoms with E-state index in [4.69, 9.17) is 14.7 Å². The predicted molar refractivity (Wildman–Crippen MR) is 145 cm³/mol. The first kappa shape index (κ1) is 24.4. The monoisotopic (exact) mass is 495 g/mol. The topological polar surface area (TPSA) is 65.0 Å². The summed E-state index contributed by atoms with van der Waals surface area (Å²) in [4.78, 5) is 18.4. The molecule has 2 aliphatic rings. The van der Waals surface area contributed by atoms with E-state index in [1.54, 1.807) is 18.4 Å². The third kappa shape index (κ3) is 5.61. The van der Waals surface area contributed by atoms with Crippen molar-refractivity contribution in [2.45, 2.75) is 25.7 Å². The van der Waals surface area contributed by atoms with Crippen LogP contribution < -0.4 is 9.80 Å². The third-order valence-electron chi connectivity index (χ3n) is 7.34. The summed E-state index contributed by atoms with van der Waals surface area (Å²) in [6, 6.07) is 10.6. The Balaban J connectivity index is 1.50. The first-order valence-electron chi connectivity index (χ1n) is 12.9. The van der Waals surface area contributed by atoms with Gasteiger partial charge < -0.3 is 24.5 Å². The summed E-state index contributed by atoms with van der Waals surface area (Å²) in [7, 11) is 1.79. The molecule has 35 heavy (non-hydrogen) atoms. The quantitative estimate of drug-likeness (QED) is 0.454. The molecular formula is C27H37N5O2S. The number of aliphatic hydroxyl groups is 1. The lowest BCUT2D eigenvalue weighted by Gasteiger charge is -2.34. The molecule has 0 amide bonds. The Kier molecular flexibility index (Phi) is 8.13. The van der Waals surface area contributed by atoms with Crippen molar-refractivity contribution in [3.63, 3.8) is 0 Å². The molecule has 0 spiro atoms. The van der Waals surface area contributed by atoms with Crippen LogP contribution >= 0.6 is 11.3 Å². The minimum atomic E-state index is 0.0961. The van der Waals surface area contributed by atoms with Crippen molar-refractivity contribution in [1.29, 1.82) is 0 Å². The van der Waals surface area contributed by atoms with Gasteiger partial charge in [-0.25, -0.2) is 4.98 Å². The largest absolute Gasteiger partial charge is 0.395 e. The summed E-state index contributed by atoms with van der Waals surface area (Å²) in [6.07, 6.45) is 4.77. The van der Waals surface area contributed by atoms with Crippen molar-refractivity contribution >= 4 is 33.3 Å². The van der Waals surface area contributed by atoms with Gasteiger partial charge >= 0.3 is 0 Å². The number of hydrogen-bond donors (Lipinski definition) is 1. The minimum absolute atomic E-state index is 0.0961. The van der Waals surface area contributed by atoms with Crippen molar-refractivity contribution in [2.75, 3.05) is 75.9 Å². The highest BCUT2D eigenvalue weighted by Gasteiger charge is 2.26. The molecule has 2 fully saturated rings. The Labute approximate surface area is 212 Å². The van der Waals surface area contributed by atoms with Crippen LogP contribution in [-0.2, 0) is 4.74 Å². The molecule has 0 unspecified atom stereocenters. The maximum absolute atomic E-state index is 9.82. The number of rotatable bonds is 10. The molecule has 2 aromatic heterocycles. The molecule has 188 valence electrons. The Bertz CT molecular complexity index is 1080. The molecule has 0 aliphatic carbocycles. The number of aromatic nitrogens is 2. The molecule has 0 saturated carbocycles. The smallest absolute Gasteiger partial charge is 0.228 e. The summed E-state index contributed by atoms with van der Waals surface area (Å²) in [5.41, 5.74) is 2.41. The average Bonchev–Trinajstić information content (AvgIpc) is 3.57. The van der Waals surface area contributed by atoms with Gasteiger partial charge in [0.1, 0.15) is 10.6 Å². The molecule has 8 heteroatoms. The zero-order chi connectivity index (χ0) is 24.0. The highest BCUT2D eigenvalue weighted by atomic mass is 32.1. The fourth-order valence-corrected chi connectivity index (χ4v) is 6.30. The lowest BCUT2D eigenvalue weighted by atomic mass is 9.97. The van der Waals surface area contributed by atoms with Crippen molar-refractivity contribution in [3.8, 4) is 11.1 Å². The fraction of sp³-hybridized carbons (Fsp3) is 0.556. The fourth-order valence-electron chi connectivity index (χ4n) is 5.36. The molecule has 0 radical (unpaired) electrons. The van der Waals surface area contributed by atoms with Crippen LogP contribution in [0.3, 0.4) is 0 Å². The van der Waals surface area contributed by atoms with Crippen molar-refractivity contribution in [1.82, 2.24) is 14.9 Å². The Morgan fingerprint density at radius 1 is 1.06 bits per heavy atom.